The smallest absolute Gasteiger partial charge is 0.165 e. The van der Waals surface area contributed by atoms with Crippen LogP contribution in [0.1, 0.15) is 22.5 Å². The fourth-order valence-electron chi connectivity index (χ4n) is 3.08. The van der Waals surface area contributed by atoms with Gasteiger partial charge in [-0.05, 0) is 6.07 Å². The van der Waals surface area contributed by atoms with Crippen LogP contribution in [-0.4, -0.2) is 34.9 Å². The minimum atomic E-state index is -0.287. The average molecular weight is 303 g/mol. The fourth-order valence-corrected chi connectivity index (χ4v) is 3.08. The Hall–Kier alpha value is -1.92. The molecule has 22 heavy (non-hydrogen) atoms. The summed E-state index contributed by atoms with van der Waals surface area (Å²) < 4.78 is 24.9. The van der Waals surface area contributed by atoms with Gasteiger partial charge in [-0.1, -0.05) is 12.1 Å². The maximum absolute atomic E-state index is 13.8. The summed E-state index contributed by atoms with van der Waals surface area (Å²) in [6, 6.07) is 5.08. The van der Waals surface area contributed by atoms with Gasteiger partial charge >= 0.3 is 0 Å². The number of benzene rings is 1. The lowest BCUT2D eigenvalue weighted by atomic mass is 10.1. The van der Waals surface area contributed by atoms with Crippen molar-refractivity contribution in [3.05, 3.63) is 46.5 Å². The van der Waals surface area contributed by atoms with Gasteiger partial charge in [0.05, 0.1) is 18.9 Å². The summed E-state index contributed by atoms with van der Waals surface area (Å²) in [4.78, 5) is 2.23. The van der Waals surface area contributed by atoms with Gasteiger partial charge in [-0.3, -0.25) is 10.00 Å². The maximum Gasteiger partial charge on any atom is 0.165 e. The molecule has 0 atom stereocenters. The second-order valence-electron chi connectivity index (χ2n) is 5.72. The third kappa shape index (κ3) is 2.48. The Bertz CT molecular complexity index is 686. The second kappa shape index (κ2) is 5.70. The van der Waals surface area contributed by atoms with E-state index in [4.69, 9.17) is 9.47 Å². The van der Waals surface area contributed by atoms with Crippen LogP contribution in [0.5, 0.6) is 5.75 Å². The zero-order valence-corrected chi connectivity index (χ0v) is 12.3. The molecule has 4 rings (SSSR count). The molecule has 0 bridgehead atoms. The van der Waals surface area contributed by atoms with Crippen molar-refractivity contribution in [3.63, 3.8) is 0 Å². The molecule has 2 aliphatic rings. The number of hydrogen-bond donors (Lipinski definition) is 1. The van der Waals surface area contributed by atoms with E-state index < -0.39 is 0 Å². The Kier molecular flexibility index (Phi) is 3.56. The normalized spacial score (nSPS) is 18.2. The molecule has 1 N–H and O–H groups in total. The predicted octanol–water partition coefficient (Wildman–Crippen LogP) is 2.02. The van der Waals surface area contributed by atoms with Crippen LogP contribution in [0.2, 0.25) is 0 Å². The molecule has 0 unspecified atom stereocenters. The number of nitrogens with zero attached hydrogens (tertiary/aromatic N) is 2. The molecule has 0 spiro atoms. The van der Waals surface area contributed by atoms with E-state index in [1.54, 1.807) is 6.07 Å². The maximum atomic E-state index is 13.8. The zero-order valence-electron chi connectivity index (χ0n) is 12.3. The number of rotatable bonds is 2. The molecule has 1 aromatic carbocycles. The monoisotopic (exact) mass is 303 g/mol. The highest BCUT2D eigenvalue weighted by Crippen LogP contribution is 2.27. The first-order chi connectivity index (χ1) is 10.8. The van der Waals surface area contributed by atoms with Crippen molar-refractivity contribution in [2.75, 3.05) is 19.8 Å². The molecule has 3 heterocycles. The molecular formula is C16H18FN3O2. The minimum absolute atomic E-state index is 0.287. The molecule has 2 aliphatic heterocycles. The Labute approximate surface area is 128 Å². The van der Waals surface area contributed by atoms with Crippen LogP contribution in [0, 0.1) is 5.82 Å². The summed E-state index contributed by atoms with van der Waals surface area (Å²) in [5.41, 5.74) is 4.27. The van der Waals surface area contributed by atoms with Crippen molar-refractivity contribution in [2.45, 2.75) is 26.1 Å². The summed E-state index contributed by atoms with van der Waals surface area (Å²) in [5, 5.41) is 7.55. The minimum Gasteiger partial charge on any atom is -0.489 e. The molecular weight excluding hydrogens is 285 g/mol. The van der Waals surface area contributed by atoms with E-state index in [2.05, 4.69) is 15.1 Å². The second-order valence-corrected chi connectivity index (χ2v) is 5.72. The number of fused-ring (bicyclic) bond motifs is 2. The van der Waals surface area contributed by atoms with Crippen molar-refractivity contribution >= 4 is 0 Å². The van der Waals surface area contributed by atoms with E-state index in [0.717, 1.165) is 30.8 Å². The fraction of sp³-hybridized carbons (Fsp3) is 0.438. The Balaban J connectivity index is 1.55. The summed E-state index contributed by atoms with van der Waals surface area (Å²) in [5.74, 6) is 0.0993. The Morgan fingerprint density at radius 1 is 1.32 bits per heavy atom. The highest BCUT2D eigenvalue weighted by Gasteiger charge is 2.22. The van der Waals surface area contributed by atoms with E-state index >= 15 is 0 Å². The molecule has 6 heteroatoms. The molecule has 5 nitrogen and oxygen atoms in total. The van der Waals surface area contributed by atoms with Gasteiger partial charge in [0.1, 0.15) is 6.61 Å². The molecule has 0 aliphatic carbocycles. The van der Waals surface area contributed by atoms with Crippen LogP contribution < -0.4 is 4.74 Å². The number of aromatic nitrogens is 2. The highest BCUT2D eigenvalue weighted by atomic mass is 19.1. The number of hydrogen-bond acceptors (Lipinski definition) is 4. The van der Waals surface area contributed by atoms with E-state index in [0.29, 0.717) is 32.1 Å². The molecule has 0 amide bonds. The van der Waals surface area contributed by atoms with Crippen LogP contribution in [0.3, 0.4) is 0 Å². The Morgan fingerprint density at radius 2 is 2.27 bits per heavy atom. The molecule has 116 valence electrons. The predicted molar refractivity (Wildman–Crippen MR) is 78.0 cm³/mol. The quantitative estimate of drug-likeness (QED) is 0.922. The summed E-state index contributed by atoms with van der Waals surface area (Å²) >= 11 is 0. The number of aromatic amines is 1. The lowest BCUT2D eigenvalue weighted by molar-refractivity contribution is 0.108. The number of ether oxygens (including phenoxy) is 2. The molecule has 0 saturated heterocycles. The van der Waals surface area contributed by atoms with Crippen LogP contribution in [0.4, 0.5) is 4.39 Å². The van der Waals surface area contributed by atoms with E-state index in [1.165, 1.54) is 17.3 Å². The van der Waals surface area contributed by atoms with Crippen molar-refractivity contribution in [3.8, 4) is 5.75 Å². The van der Waals surface area contributed by atoms with Crippen LogP contribution in [0.25, 0.3) is 0 Å². The molecule has 0 fully saturated rings. The van der Waals surface area contributed by atoms with Gasteiger partial charge in [-0.2, -0.15) is 5.10 Å². The van der Waals surface area contributed by atoms with Gasteiger partial charge < -0.3 is 9.47 Å². The highest BCUT2D eigenvalue weighted by molar-refractivity contribution is 5.35. The molecule has 0 radical (unpaired) electrons. The third-order valence-corrected chi connectivity index (χ3v) is 4.25. The first-order valence-corrected chi connectivity index (χ1v) is 7.56. The summed E-state index contributed by atoms with van der Waals surface area (Å²) in [6.07, 6.45) is 0.888. The lowest BCUT2D eigenvalue weighted by Gasteiger charge is -2.19. The summed E-state index contributed by atoms with van der Waals surface area (Å²) in [6.45, 7) is 3.98. The number of nitrogens with one attached hydrogen (secondary N) is 1. The first-order valence-electron chi connectivity index (χ1n) is 7.56. The van der Waals surface area contributed by atoms with Crippen LogP contribution in [0.15, 0.2) is 18.2 Å². The topological polar surface area (TPSA) is 50.4 Å². The summed E-state index contributed by atoms with van der Waals surface area (Å²) in [7, 11) is 0. The van der Waals surface area contributed by atoms with Gasteiger partial charge in [0, 0.05) is 42.9 Å². The largest absolute Gasteiger partial charge is 0.489 e. The van der Waals surface area contributed by atoms with E-state index in [9.17, 15) is 4.39 Å². The third-order valence-electron chi connectivity index (χ3n) is 4.25. The van der Waals surface area contributed by atoms with Gasteiger partial charge in [-0.15, -0.1) is 0 Å². The van der Waals surface area contributed by atoms with Crippen LogP contribution in [-0.2, 0) is 30.9 Å². The average Bonchev–Trinajstić information content (AvgIpc) is 2.80. The zero-order chi connectivity index (χ0) is 14.9. The van der Waals surface area contributed by atoms with Crippen molar-refractivity contribution in [1.82, 2.24) is 15.1 Å². The van der Waals surface area contributed by atoms with Crippen molar-refractivity contribution < 1.29 is 13.9 Å². The van der Waals surface area contributed by atoms with Gasteiger partial charge in [0.15, 0.2) is 11.6 Å². The number of H-pyrrole nitrogens is 1. The standard InChI is InChI=1S/C16H18FN3O2/c17-13-3-1-2-11-8-20(5-7-22-16(11)13)9-15-12-10-21-6-4-14(12)18-19-15/h1-3H,4-10H2,(H,18,19). The van der Waals surface area contributed by atoms with Gasteiger partial charge in [-0.25, -0.2) is 4.39 Å². The number of halogens is 1. The van der Waals surface area contributed by atoms with Crippen molar-refractivity contribution in [1.29, 1.82) is 0 Å². The Morgan fingerprint density at radius 3 is 3.23 bits per heavy atom. The lowest BCUT2D eigenvalue weighted by Crippen LogP contribution is -2.26. The van der Waals surface area contributed by atoms with Gasteiger partial charge in [0.25, 0.3) is 0 Å². The molecule has 1 aromatic heterocycles. The number of para-hydroxylation sites is 1. The first kappa shape index (κ1) is 13.7. The van der Waals surface area contributed by atoms with E-state index in [1.807, 2.05) is 6.07 Å². The SMILES string of the molecule is Fc1cccc2c1OCCN(Cc1n[nH]c3c1COCC3)C2. The van der Waals surface area contributed by atoms with Crippen LogP contribution >= 0.6 is 0 Å². The van der Waals surface area contributed by atoms with E-state index in [-0.39, 0.29) is 5.82 Å². The van der Waals surface area contributed by atoms with Crippen molar-refractivity contribution in [2.24, 2.45) is 0 Å². The van der Waals surface area contributed by atoms with Gasteiger partial charge in [0.2, 0.25) is 0 Å². The molecule has 2 aromatic rings. The molecule has 0 saturated carbocycles.